The van der Waals surface area contributed by atoms with Crippen molar-refractivity contribution in [2.75, 3.05) is 0 Å². The SMILES string of the molecule is CC1CCC[Si](C)([Si](C)(C)C)O1. The van der Waals surface area contributed by atoms with E-state index in [0.717, 1.165) is 0 Å². The Morgan fingerprint density at radius 3 is 2.25 bits per heavy atom. The van der Waals surface area contributed by atoms with Crippen LogP contribution in [0.15, 0.2) is 0 Å². The Morgan fingerprint density at radius 1 is 1.33 bits per heavy atom. The molecule has 1 saturated heterocycles. The maximum atomic E-state index is 6.24. The summed E-state index contributed by atoms with van der Waals surface area (Å²) in [6, 6.07) is 1.41. The fourth-order valence-electron chi connectivity index (χ4n) is 1.84. The van der Waals surface area contributed by atoms with Gasteiger partial charge >= 0.3 is 0 Å². The highest BCUT2D eigenvalue weighted by Crippen LogP contribution is 2.32. The maximum absolute atomic E-state index is 6.24. The van der Waals surface area contributed by atoms with Gasteiger partial charge in [0.1, 0.15) is 0 Å². The molecule has 2 atom stereocenters. The van der Waals surface area contributed by atoms with Gasteiger partial charge in [-0.3, -0.25) is 0 Å². The molecule has 1 fully saturated rings. The monoisotopic (exact) mass is 202 g/mol. The fraction of sp³-hybridized carbons (Fsp3) is 1.00. The molecule has 0 aliphatic carbocycles. The van der Waals surface area contributed by atoms with E-state index in [-0.39, 0.29) is 0 Å². The Hall–Kier alpha value is 0.394. The van der Waals surface area contributed by atoms with E-state index in [1.807, 2.05) is 0 Å². The van der Waals surface area contributed by atoms with Crippen LogP contribution in [-0.4, -0.2) is 21.5 Å². The molecular weight excluding hydrogens is 180 g/mol. The van der Waals surface area contributed by atoms with E-state index < -0.39 is 15.4 Å². The Balaban J connectivity index is 2.70. The van der Waals surface area contributed by atoms with Crippen LogP contribution in [0, 0.1) is 0 Å². The van der Waals surface area contributed by atoms with E-state index in [1.54, 1.807) is 0 Å². The van der Waals surface area contributed by atoms with E-state index >= 15 is 0 Å². The van der Waals surface area contributed by atoms with Crippen molar-refractivity contribution >= 4 is 15.4 Å². The lowest BCUT2D eigenvalue weighted by atomic mass is 10.2. The summed E-state index contributed by atoms with van der Waals surface area (Å²) in [6.07, 6.45) is 3.24. The summed E-state index contributed by atoms with van der Waals surface area (Å²) < 4.78 is 6.24. The third-order valence-electron chi connectivity index (χ3n) is 3.31. The molecule has 0 bridgehead atoms. The van der Waals surface area contributed by atoms with Gasteiger partial charge in [-0.05, 0) is 25.9 Å². The van der Waals surface area contributed by atoms with Gasteiger partial charge in [-0.1, -0.05) is 26.1 Å². The topological polar surface area (TPSA) is 9.23 Å². The summed E-state index contributed by atoms with van der Waals surface area (Å²) >= 11 is 0. The molecule has 1 aliphatic rings. The van der Waals surface area contributed by atoms with Crippen LogP contribution >= 0.6 is 0 Å². The van der Waals surface area contributed by atoms with Crippen molar-refractivity contribution in [3.05, 3.63) is 0 Å². The van der Waals surface area contributed by atoms with Gasteiger partial charge in [0.2, 0.25) is 0 Å². The van der Waals surface area contributed by atoms with Crippen molar-refractivity contribution < 1.29 is 4.43 Å². The Morgan fingerprint density at radius 2 is 1.92 bits per heavy atom. The minimum Gasteiger partial charge on any atom is -0.417 e. The number of hydrogen-bond acceptors (Lipinski definition) is 1. The molecule has 1 aliphatic heterocycles. The van der Waals surface area contributed by atoms with Crippen LogP contribution < -0.4 is 0 Å². The van der Waals surface area contributed by atoms with Crippen molar-refractivity contribution in [2.24, 2.45) is 0 Å². The van der Waals surface area contributed by atoms with Gasteiger partial charge in [0.15, 0.2) is 7.83 Å². The highest BCUT2D eigenvalue weighted by molar-refractivity contribution is 7.38. The highest BCUT2D eigenvalue weighted by Gasteiger charge is 2.45. The molecule has 1 heterocycles. The van der Waals surface area contributed by atoms with Crippen LogP contribution in [0.1, 0.15) is 19.8 Å². The first-order chi connectivity index (χ1) is 5.35. The third kappa shape index (κ3) is 2.00. The second-order valence-electron chi connectivity index (χ2n) is 5.30. The zero-order valence-electron chi connectivity index (χ0n) is 9.11. The van der Waals surface area contributed by atoms with Crippen molar-refractivity contribution in [3.8, 4) is 0 Å². The third-order valence-corrected chi connectivity index (χ3v) is 19.3. The molecule has 0 aromatic heterocycles. The van der Waals surface area contributed by atoms with Gasteiger partial charge in [-0.25, -0.2) is 0 Å². The number of rotatable bonds is 1. The van der Waals surface area contributed by atoms with Crippen molar-refractivity contribution in [2.45, 2.75) is 58.1 Å². The first-order valence-corrected chi connectivity index (χ1v) is 12.1. The summed E-state index contributed by atoms with van der Waals surface area (Å²) in [5.74, 6) is 0. The van der Waals surface area contributed by atoms with Crippen molar-refractivity contribution in [3.63, 3.8) is 0 Å². The zero-order chi connectivity index (χ0) is 9.41. The van der Waals surface area contributed by atoms with E-state index in [0.29, 0.717) is 6.10 Å². The van der Waals surface area contributed by atoms with Gasteiger partial charge in [0.25, 0.3) is 0 Å². The average molecular weight is 202 g/mol. The molecule has 3 heteroatoms. The minimum atomic E-state index is -1.26. The quantitative estimate of drug-likeness (QED) is 0.594. The van der Waals surface area contributed by atoms with E-state index in [4.69, 9.17) is 4.43 Å². The molecule has 0 amide bonds. The van der Waals surface area contributed by atoms with Crippen LogP contribution in [-0.2, 0) is 4.43 Å². The second-order valence-corrected chi connectivity index (χ2v) is 20.7. The van der Waals surface area contributed by atoms with Crippen LogP contribution in [0.4, 0.5) is 0 Å². The van der Waals surface area contributed by atoms with E-state index in [2.05, 4.69) is 33.1 Å². The Labute approximate surface area is 78.4 Å². The first-order valence-electron chi connectivity index (χ1n) is 5.03. The molecule has 0 aromatic rings. The smallest absolute Gasteiger partial charge is 0.176 e. The summed E-state index contributed by atoms with van der Waals surface area (Å²) in [5, 5.41) is 0. The summed E-state index contributed by atoms with van der Waals surface area (Å²) in [6.45, 7) is 12.1. The molecule has 1 rings (SSSR count). The van der Waals surface area contributed by atoms with Crippen LogP contribution in [0.25, 0.3) is 0 Å². The fourth-order valence-corrected chi connectivity index (χ4v) is 9.39. The van der Waals surface area contributed by atoms with E-state index in [1.165, 1.54) is 18.9 Å². The van der Waals surface area contributed by atoms with E-state index in [9.17, 15) is 0 Å². The van der Waals surface area contributed by atoms with Gasteiger partial charge < -0.3 is 4.43 Å². The molecule has 0 aromatic carbocycles. The molecule has 12 heavy (non-hydrogen) atoms. The van der Waals surface area contributed by atoms with Crippen LogP contribution in [0.5, 0.6) is 0 Å². The molecule has 1 nitrogen and oxygen atoms in total. The van der Waals surface area contributed by atoms with Crippen LogP contribution in [0.2, 0.25) is 32.2 Å². The molecular formula is C9H22OSi2. The first kappa shape index (κ1) is 10.5. The molecule has 0 radical (unpaired) electrons. The Bertz CT molecular complexity index is 164. The van der Waals surface area contributed by atoms with Crippen molar-refractivity contribution in [1.82, 2.24) is 0 Å². The molecule has 0 N–H and O–H groups in total. The van der Waals surface area contributed by atoms with Gasteiger partial charge in [-0.15, -0.1) is 0 Å². The van der Waals surface area contributed by atoms with Crippen LogP contribution in [0.3, 0.4) is 0 Å². The average Bonchev–Trinajstić information content (AvgIpc) is 1.83. The lowest BCUT2D eigenvalue weighted by molar-refractivity contribution is 0.185. The van der Waals surface area contributed by atoms with Crippen molar-refractivity contribution in [1.29, 1.82) is 0 Å². The van der Waals surface area contributed by atoms with Gasteiger partial charge in [-0.2, -0.15) is 0 Å². The second kappa shape index (κ2) is 3.27. The van der Waals surface area contributed by atoms with Gasteiger partial charge in [0, 0.05) is 6.10 Å². The lowest BCUT2D eigenvalue weighted by Crippen LogP contribution is -2.60. The zero-order valence-corrected chi connectivity index (χ0v) is 11.1. The standard InChI is InChI=1S/C9H22OSi2/c1-9-7-6-8-12(5,10-9)11(2,3)4/h9H,6-8H2,1-5H3. The summed E-state index contributed by atoms with van der Waals surface area (Å²) in [4.78, 5) is 0. The molecule has 0 spiro atoms. The molecule has 2 unspecified atom stereocenters. The summed E-state index contributed by atoms with van der Waals surface area (Å²) in [7, 11) is -2.27. The lowest BCUT2D eigenvalue weighted by Gasteiger charge is -2.43. The number of hydrogen-bond donors (Lipinski definition) is 0. The largest absolute Gasteiger partial charge is 0.417 e. The molecule has 72 valence electrons. The van der Waals surface area contributed by atoms with Gasteiger partial charge in [0.05, 0.1) is 7.59 Å². The summed E-state index contributed by atoms with van der Waals surface area (Å²) in [5.41, 5.74) is 0. The normalized spacial score (nSPS) is 38.2. The molecule has 0 saturated carbocycles. The highest BCUT2D eigenvalue weighted by atomic mass is 29.3. The minimum absolute atomic E-state index is 0.544. The Kier molecular flexibility index (Phi) is 2.86. The predicted octanol–water partition coefficient (Wildman–Crippen LogP) is 3.18. The maximum Gasteiger partial charge on any atom is 0.176 e. The predicted molar refractivity (Wildman–Crippen MR) is 59.6 cm³/mol.